The van der Waals surface area contributed by atoms with E-state index in [9.17, 15) is 4.79 Å². The second-order valence-corrected chi connectivity index (χ2v) is 7.21. The molecule has 4 rings (SSSR count). The first-order chi connectivity index (χ1) is 14.0. The summed E-state index contributed by atoms with van der Waals surface area (Å²) in [5.41, 5.74) is 4.25. The fourth-order valence-corrected chi connectivity index (χ4v) is 3.48. The first kappa shape index (κ1) is 18.9. The molecule has 1 aliphatic rings. The standard InChI is InChI=1S/C23H24N2O4/c1-16-11-19(17(2)25(16)14-20-5-4-10-27-20)7-9-23(26)24(3)13-18-6-8-21-22(12-18)29-15-28-21/h4-12H,13-15H2,1-3H3/b9-7+. The Morgan fingerprint density at radius 1 is 1.17 bits per heavy atom. The van der Waals surface area contributed by atoms with Gasteiger partial charge in [0.1, 0.15) is 5.76 Å². The predicted octanol–water partition coefficient (Wildman–Crippen LogP) is 4.15. The van der Waals surface area contributed by atoms with Crippen molar-refractivity contribution >= 4 is 12.0 Å². The van der Waals surface area contributed by atoms with Crippen LogP contribution < -0.4 is 9.47 Å². The van der Waals surface area contributed by atoms with E-state index in [0.717, 1.165) is 39.8 Å². The number of rotatable bonds is 6. The number of aryl methyl sites for hydroxylation is 1. The fourth-order valence-electron chi connectivity index (χ4n) is 3.48. The third kappa shape index (κ3) is 4.06. The molecule has 0 radical (unpaired) electrons. The van der Waals surface area contributed by atoms with E-state index in [0.29, 0.717) is 13.1 Å². The maximum absolute atomic E-state index is 12.6. The molecule has 0 bridgehead atoms. The van der Waals surface area contributed by atoms with Gasteiger partial charge in [-0.05, 0) is 61.4 Å². The van der Waals surface area contributed by atoms with Crippen LogP contribution >= 0.6 is 0 Å². The third-order valence-electron chi connectivity index (χ3n) is 5.15. The highest BCUT2D eigenvalue weighted by atomic mass is 16.7. The van der Waals surface area contributed by atoms with Crippen LogP contribution in [-0.2, 0) is 17.9 Å². The minimum Gasteiger partial charge on any atom is -0.467 e. The molecule has 3 aromatic rings. The number of hydrogen-bond donors (Lipinski definition) is 0. The Morgan fingerprint density at radius 2 is 2.00 bits per heavy atom. The zero-order chi connectivity index (χ0) is 20.4. The van der Waals surface area contributed by atoms with E-state index in [-0.39, 0.29) is 12.7 Å². The van der Waals surface area contributed by atoms with Gasteiger partial charge in [0.05, 0.1) is 12.8 Å². The van der Waals surface area contributed by atoms with Crippen LogP contribution in [0.1, 0.15) is 28.3 Å². The van der Waals surface area contributed by atoms with E-state index >= 15 is 0 Å². The van der Waals surface area contributed by atoms with Crippen LogP contribution in [0.2, 0.25) is 0 Å². The average molecular weight is 392 g/mol. The van der Waals surface area contributed by atoms with Crippen molar-refractivity contribution in [3.63, 3.8) is 0 Å². The van der Waals surface area contributed by atoms with Crippen molar-refractivity contribution in [2.45, 2.75) is 26.9 Å². The molecule has 0 unspecified atom stereocenters. The Labute approximate surface area is 169 Å². The molecule has 1 amide bonds. The van der Waals surface area contributed by atoms with E-state index in [1.807, 2.05) is 36.4 Å². The maximum atomic E-state index is 12.6. The van der Waals surface area contributed by atoms with Crippen LogP contribution in [0.3, 0.4) is 0 Å². The average Bonchev–Trinajstić information content (AvgIpc) is 3.43. The lowest BCUT2D eigenvalue weighted by Gasteiger charge is -2.15. The lowest BCUT2D eigenvalue weighted by molar-refractivity contribution is -0.125. The summed E-state index contributed by atoms with van der Waals surface area (Å²) in [6.07, 6.45) is 5.17. The fraction of sp³-hybridized carbons (Fsp3) is 0.261. The Kier molecular flexibility index (Phi) is 5.16. The number of carbonyl (C=O) groups is 1. The number of likely N-dealkylation sites (N-methyl/N-ethyl adjacent to an activating group) is 1. The van der Waals surface area contributed by atoms with Gasteiger partial charge < -0.3 is 23.4 Å². The summed E-state index contributed by atoms with van der Waals surface area (Å²) >= 11 is 0. The van der Waals surface area contributed by atoms with Gasteiger partial charge in [-0.3, -0.25) is 4.79 Å². The van der Waals surface area contributed by atoms with E-state index in [4.69, 9.17) is 13.9 Å². The smallest absolute Gasteiger partial charge is 0.246 e. The Morgan fingerprint density at radius 3 is 2.79 bits per heavy atom. The first-order valence-electron chi connectivity index (χ1n) is 9.52. The summed E-state index contributed by atoms with van der Waals surface area (Å²) in [6.45, 7) is 5.53. The van der Waals surface area contributed by atoms with Crippen molar-refractivity contribution in [2.24, 2.45) is 0 Å². The summed E-state index contributed by atoms with van der Waals surface area (Å²) in [6, 6.07) is 11.7. The summed E-state index contributed by atoms with van der Waals surface area (Å²) in [5, 5.41) is 0. The number of benzene rings is 1. The van der Waals surface area contributed by atoms with E-state index in [2.05, 4.69) is 24.5 Å². The summed E-state index contributed by atoms with van der Waals surface area (Å²) in [4.78, 5) is 14.3. The molecule has 0 saturated heterocycles. The number of furan rings is 1. The number of aromatic nitrogens is 1. The molecule has 1 aromatic carbocycles. The van der Waals surface area contributed by atoms with Crippen LogP contribution in [0.25, 0.3) is 6.08 Å². The number of carbonyl (C=O) groups excluding carboxylic acids is 1. The SMILES string of the molecule is Cc1cc(/C=C/C(=O)N(C)Cc2ccc3c(c2)OCO3)c(C)n1Cc1ccco1. The minimum absolute atomic E-state index is 0.0569. The van der Waals surface area contributed by atoms with E-state index in [1.165, 1.54) is 0 Å². The molecular weight excluding hydrogens is 368 g/mol. The number of amides is 1. The molecule has 6 nitrogen and oxygen atoms in total. The summed E-state index contributed by atoms with van der Waals surface area (Å²) in [7, 11) is 1.79. The van der Waals surface area contributed by atoms with Gasteiger partial charge >= 0.3 is 0 Å². The number of hydrogen-bond acceptors (Lipinski definition) is 4. The van der Waals surface area contributed by atoms with Gasteiger partial charge in [-0.2, -0.15) is 0 Å². The predicted molar refractivity (Wildman–Crippen MR) is 110 cm³/mol. The van der Waals surface area contributed by atoms with Gasteiger partial charge in [0, 0.05) is 31.1 Å². The molecule has 0 spiro atoms. The molecule has 3 heterocycles. The van der Waals surface area contributed by atoms with Crippen molar-refractivity contribution < 1.29 is 18.7 Å². The van der Waals surface area contributed by atoms with Gasteiger partial charge in [-0.15, -0.1) is 0 Å². The Balaban J connectivity index is 1.42. The van der Waals surface area contributed by atoms with Crippen LogP contribution in [0.15, 0.2) is 53.2 Å². The quantitative estimate of drug-likeness (QED) is 0.592. The van der Waals surface area contributed by atoms with Gasteiger partial charge in [0.25, 0.3) is 0 Å². The van der Waals surface area contributed by atoms with Crippen molar-refractivity contribution in [3.8, 4) is 11.5 Å². The van der Waals surface area contributed by atoms with Gasteiger partial charge in [-0.1, -0.05) is 6.07 Å². The second-order valence-electron chi connectivity index (χ2n) is 7.21. The monoisotopic (exact) mass is 392 g/mol. The highest BCUT2D eigenvalue weighted by Gasteiger charge is 2.15. The number of fused-ring (bicyclic) bond motifs is 1. The normalized spacial score (nSPS) is 12.7. The molecule has 150 valence electrons. The molecule has 0 atom stereocenters. The molecule has 29 heavy (non-hydrogen) atoms. The highest BCUT2D eigenvalue weighted by molar-refractivity contribution is 5.91. The topological polar surface area (TPSA) is 56.8 Å². The Bertz CT molecular complexity index is 1050. The van der Waals surface area contributed by atoms with E-state index < -0.39 is 0 Å². The minimum atomic E-state index is -0.0569. The van der Waals surface area contributed by atoms with Gasteiger partial charge in [0.15, 0.2) is 11.5 Å². The van der Waals surface area contributed by atoms with Gasteiger partial charge in [-0.25, -0.2) is 0 Å². The molecule has 2 aromatic heterocycles. The number of nitrogens with zero attached hydrogens (tertiary/aromatic N) is 2. The summed E-state index contributed by atoms with van der Waals surface area (Å²) in [5.74, 6) is 2.32. The molecule has 0 fully saturated rings. The molecular formula is C23H24N2O4. The largest absolute Gasteiger partial charge is 0.467 e. The van der Waals surface area contributed by atoms with Crippen LogP contribution in [-0.4, -0.2) is 29.2 Å². The molecule has 0 N–H and O–H groups in total. The van der Waals surface area contributed by atoms with Crippen LogP contribution in [0.5, 0.6) is 11.5 Å². The molecule has 1 aliphatic heterocycles. The second kappa shape index (κ2) is 7.91. The van der Waals surface area contributed by atoms with Crippen molar-refractivity contribution in [1.82, 2.24) is 9.47 Å². The van der Waals surface area contributed by atoms with Crippen LogP contribution in [0.4, 0.5) is 0 Å². The zero-order valence-corrected chi connectivity index (χ0v) is 16.8. The zero-order valence-electron chi connectivity index (χ0n) is 16.8. The van der Waals surface area contributed by atoms with Crippen molar-refractivity contribution in [2.75, 3.05) is 13.8 Å². The van der Waals surface area contributed by atoms with Crippen LogP contribution in [0, 0.1) is 13.8 Å². The molecule has 6 heteroatoms. The molecule has 0 saturated carbocycles. The number of ether oxygens (including phenoxy) is 2. The summed E-state index contributed by atoms with van der Waals surface area (Å²) < 4.78 is 18.4. The van der Waals surface area contributed by atoms with Crippen molar-refractivity contribution in [1.29, 1.82) is 0 Å². The van der Waals surface area contributed by atoms with Gasteiger partial charge in [0.2, 0.25) is 12.7 Å². The lowest BCUT2D eigenvalue weighted by atomic mass is 10.2. The van der Waals surface area contributed by atoms with Crippen molar-refractivity contribution in [3.05, 3.63) is 77.0 Å². The molecule has 0 aliphatic carbocycles. The Hall–Kier alpha value is -3.41. The highest BCUT2D eigenvalue weighted by Crippen LogP contribution is 2.32. The third-order valence-corrected chi connectivity index (χ3v) is 5.15. The van der Waals surface area contributed by atoms with E-state index in [1.54, 1.807) is 24.3 Å². The first-order valence-corrected chi connectivity index (χ1v) is 9.52. The maximum Gasteiger partial charge on any atom is 0.246 e. The lowest BCUT2D eigenvalue weighted by Crippen LogP contribution is -2.24.